The molecule has 0 aromatic carbocycles. The second-order valence-electron chi connectivity index (χ2n) is 8.41. The maximum atomic E-state index is 5.54. The number of aromatic nitrogens is 2. The molecule has 7 nitrogen and oxygen atoms in total. The highest BCUT2D eigenvalue weighted by Gasteiger charge is 2.22. The number of rotatable bonds is 8. The van der Waals surface area contributed by atoms with Gasteiger partial charge in [0.1, 0.15) is 12.0 Å². The van der Waals surface area contributed by atoms with Crippen LogP contribution in [0.4, 0.5) is 11.5 Å². The topological polar surface area (TPSA) is 80.7 Å². The average Bonchev–Trinajstić information content (AvgIpc) is 3.41. The first-order chi connectivity index (χ1) is 15.0. The van der Waals surface area contributed by atoms with Crippen molar-refractivity contribution in [1.29, 1.82) is 0 Å². The first-order valence-electron chi connectivity index (χ1n) is 11.6. The Hall–Kier alpha value is -1.80. The number of hydrogen-bond acceptors (Lipinski definition) is 7. The van der Waals surface area contributed by atoms with Crippen molar-refractivity contribution >= 4 is 35.1 Å². The first kappa shape index (κ1) is 25.5. The molecular formula is C23H39N5O2S. The molecule has 0 spiro atoms. The van der Waals surface area contributed by atoms with Crippen LogP contribution < -0.4 is 10.6 Å². The lowest BCUT2D eigenvalue weighted by molar-refractivity contribution is 0.195. The molecule has 0 amide bonds. The molecule has 1 aromatic heterocycles. The number of aliphatic imine (C=N–C) groups is 1. The highest BCUT2D eigenvalue weighted by molar-refractivity contribution is 7.80. The Bertz CT molecular complexity index is 695. The van der Waals surface area contributed by atoms with Crippen molar-refractivity contribution in [2.45, 2.75) is 72.3 Å². The van der Waals surface area contributed by atoms with Gasteiger partial charge in [-0.1, -0.05) is 26.7 Å². The zero-order valence-corrected chi connectivity index (χ0v) is 20.3. The number of nitrogens with zero attached hydrogens (tertiary/aromatic N) is 3. The summed E-state index contributed by atoms with van der Waals surface area (Å²) in [6, 6.07) is 0.333. The number of thiocarbonyl (C=S) groups is 1. The zero-order valence-electron chi connectivity index (χ0n) is 19.5. The Morgan fingerprint density at radius 1 is 1.35 bits per heavy atom. The summed E-state index contributed by atoms with van der Waals surface area (Å²) in [5.41, 5.74) is 1.70. The Balaban J connectivity index is 0.000000221. The maximum Gasteiger partial charge on any atom is 0.256 e. The summed E-state index contributed by atoms with van der Waals surface area (Å²) >= 11 is 5.10. The first-order valence-corrected chi connectivity index (χ1v) is 12.0. The SMILES string of the molecule is CC=Nc1c(C)ncnc1N[C@@H]1CCOC1.CCCCNC(=S)OC[C@@H]1CCC(C)C1. The van der Waals surface area contributed by atoms with Gasteiger partial charge >= 0.3 is 0 Å². The van der Waals surface area contributed by atoms with Gasteiger partial charge in [0.15, 0.2) is 5.82 Å². The minimum Gasteiger partial charge on any atom is -0.471 e. The second kappa shape index (κ2) is 14.3. The van der Waals surface area contributed by atoms with Crippen LogP contribution in [0.2, 0.25) is 0 Å². The molecule has 1 aliphatic carbocycles. The zero-order chi connectivity index (χ0) is 22.5. The van der Waals surface area contributed by atoms with Gasteiger partial charge in [-0.3, -0.25) is 4.99 Å². The van der Waals surface area contributed by atoms with Crippen LogP contribution in [0, 0.1) is 18.8 Å². The van der Waals surface area contributed by atoms with Gasteiger partial charge in [-0.15, -0.1) is 0 Å². The van der Waals surface area contributed by atoms with Crippen LogP contribution >= 0.6 is 12.2 Å². The van der Waals surface area contributed by atoms with Crippen LogP contribution in [0.3, 0.4) is 0 Å². The van der Waals surface area contributed by atoms with Crippen LogP contribution in [-0.2, 0) is 9.47 Å². The predicted molar refractivity (Wildman–Crippen MR) is 131 cm³/mol. The van der Waals surface area contributed by atoms with Crippen LogP contribution in [0.5, 0.6) is 0 Å². The molecule has 2 heterocycles. The van der Waals surface area contributed by atoms with Crippen molar-refractivity contribution in [2.75, 3.05) is 31.7 Å². The molecule has 8 heteroatoms. The third-order valence-electron chi connectivity index (χ3n) is 5.59. The van der Waals surface area contributed by atoms with E-state index in [2.05, 4.69) is 39.4 Å². The summed E-state index contributed by atoms with van der Waals surface area (Å²) < 4.78 is 10.9. The molecular weight excluding hydrogens is 410 g/mol. The average molecular weight is 450 g/mol. The molecule has 1 aromatic rings. The monoisotopic (exact) mass is 449 g/mol. The molecule has 2 aliphatic rings. The summed E-state index contributed by atoms with van der Waals surface area (Å²) in [6.07, 6.45) is 10.6. The van der Waals surface area contributed by atoms with Gasteiger partial charge in [-0.25, -0.2) is 9.97 Å². The highest BCUT2D eigenvalue weighted by Crippen LogP contribution is 2.30. The molecule has 1 aliphatic heterocycles. The fourth-order valence-electron chi connectivity index (χ4n) is 3.79. The molecule has 1 saturated carbocycles. The number of ether oxygens (including phenoxy) is 2. The van der Waals surface area contributed by atoms with Crippen LogP contribution in [-0.4, -0.2) is 53.8 Å². The Kier molecular flexibility index (Phi) is 11.7. The molecule has 0 radical (unpaired) electrons. The van der Waals surface area contributed by atoms with Crippen molar-refractivity contribution < 1.29 is 9.47 Å². The molecule has 2 fully saturated rings. The van der Waals surface area contributed by atoms with E-state index in [9.17, 15) is 0 Å². The van der Waals surface area contributed by atoms with Crippen molar-refractivity contribution in [3.8, 4) is 0 Å². The Morgan fingerprint density at radius 2 is 2.19 bits per heavy atom. The van der Waals surface area contributed by atoms with Crippen molar-refractivity contribution in [3.63, 3.8) is 0 Å². The van der Waals surface area contributed by atoms with E-state index in [1.165, 1.54) is 25.7 Å². The maximum absolute atomic E-state index is 5.54. The van der Waals surface area contributed by atoms with Gasteiger partial charge in [0.05, 0.1) is 24.9 Å². The lowest BCUT2D eigenvalue weighted by Crippen LogP contribution is -2.26. The van der Waals surface area contributed by atoms with Crippen molar-refractivity contribution in [3.05, 3.63) is 12.0 Å². The minimum atomic E-state index is 0.333. The minimum absolute atomic E-state index is 0.333. The van der Waals surface area contributed by atoms with Gasteiger partial charge in [0, 0.05) is 19.4 Å². The predicted octanol–water partition coefficient (Wildman–Crippen LogP) is 4.82. The molecule has 1 unspecified atom stereocenters. The lowest BCUT2D eigenvalue weighted by Gasteiger charge is -2.13. The third-order valence-corrected chi connectivity index (χ3v) is 5.85. The lowest BCUT2D eigenvalue weighted by atomic mass is 10.1. The van der Waals surface area contributed by atoms with Gasteiger partial charge in [-0.2, -0.15) is 0 Å². The molecule has 3 atom stereocenters. The smallest absolute Gasteiger partial charge is 0.256 e. The van der Waals surface area contributed by atoms with E-state index in [1.54, 1.807) is 12.5 Å². The summed E-state index contributed by atoms with van der Waals surface area (Å²) in [7, 11) is 0. The number of anilines is 1. The van der Waals surface area contributed by atoms with Crippen LogP contribution in [0.25, 0.3) is 0 Å². The van der Waals surface area contributed by atoms with E-state index in [4.69, 9.17) is 21.7 Å². The molecule has 174 valence electrons. The Labute approximate surface area is 192 Å². The molecule has 31 heavy (non-hydrogen) atoms. The molecule has 0 bridgehead atoms. The van der Waals surface area contributed by atoms with E-state index in [0.717, 1.165) is 68.2 Å². The molecule has 1 saturated heterocycles. The third kappa shape index (κ3) is 9.47. The van der Waals surface area contributed by atoms with Crippen LogP contribution in [0.1, 0.15) is 65.0 Å². The number of aryl methyl sites for hydroxylation is 1. The van der Waals surface area contributed by atoms with Crippen LogP contribution in [0.15, 0.2) is 11.3 Å². The quantitative estimate of drug-likeness (QED) is 0.334. The summed E-state index contributed by atoms with van der Waals surface area (Å²) in [6.45, 7) is 11.6. The standard InChI is InChI=1S/C12H23NOS.C11H16N4O/c1-3-4-7-13-12(15)14-9-11-6-5-10(2)8-11;1-3-12-10-8(2)13-7-14-11(10)15-9-4-5-16-6-9/h10-11H,3-9H2,1-2H3,(H,13,15);3,7,9H,4-6H2,1-2H3,(H,13,14,15)/t10?,11-;9-/m11/s1. The number of unbranched alkanes of at least 4 members (excludes halogenated alkanes) is 1. The van der Waals surface area contributed by atoms with Gasteiger partial charge < -0.3 is 20.1 Å². The van der Waals surface area contributed by atoms with E-state index in [1.807, 2.05) is 13.8 Å². The largest absolute Gasteiger partial charge is 0.471 e. The summed E-state index contributed by atoms with van der Waals surface area (Å²) in [5, 5.41) is 7.06. The van der Waals surface area contributed by atoms with Gasteiger partial charge in [0.2, 0.25) is 0 Å². The van der Waals surface area contributed by atoms with E-state index < -0.39 is 0 Å². The normalized spacial score (nSPS) is 22.8. The summed E-state index contributed by atoms with van der Waals surface area (Å²) in [5.74, 6) is 2.40. The van der Waals surface area contributed by atoms with Gasteiger partial charge in [0.25, 0.3) is 5.17 Å². The molecule has 2 N–H and O–H groups in total. The number of hydrogen-bond donors (Lipinski definition) is 2. The van der Waals surface area contributed by atoms with Gasteiger partial charge in [-0.05, 0) is 63.6 Å². The van der Waals surface area contributed by atoms with E-state index in [-0.39, 0.29) is 0 Å². The number of nitrogens with one attached hydrogen (secondary N) is 2. The fourth-order valence-corrected chi connectivity index (χ4v) is 3.96. The highest BCUT2D eigenvalue weighted by atomic mass is 32.1. The van der Waals surface area contributed by atoms with E-state index in [0.29, 0.717) is 11.2 Å². The van der Waals surface area contributed by atoms with Crippen molar-refractivity contribution in [2.24, 2.45) is 16.8 Å². The fraction of sp³-hybridized carbons (Fsp3) is 0.739. The summed E-state index contributed by atoms with van der Waals surface area (Å²) in [4.78, 5) is 12.7. The molecule has 3 rings (SSSR count). The Morgan fingerprint density at radius 3 is 2.84 bits per heavy atom. The van der Waals surface area contributed by atoms with E-state index >= 15 is 0 Å². The van der Waals surface area contributed by atoms with Crippen molar-refractivity contribution in [1.82, 2.24) is 15.3 Å². The second-order valence-corrected chi connectivity index (χ2v) is 8.78.